The van der Waals surface area contributed by atoms with Crippen molar-refractivity contribution in [3.05, 3.63) is 0 Å². The maximum atomic E-state index is 2.58. The van der Waals surface area contributed by atoms with Crippen LogP contribution in [0.1, 0.15) is 33.6 Å². The van der Waals surface area contributed by atoms with Crippen LogP contribution in [0.4, 0.5) is 0 Å². The molecular weight excluding hydrogens is 223 g/mol. The van der Waals surface area contributed by atoms with Gasteiger partial charge in [0.15, 0.2) is 0 Å². The van der Waals surface area contributed by atoms with Gasteiger partial charge in [0.1, 0.15) is 0 Å². The van der Waals surface area contributed by atoms with E-state index in [4.69, 9.17) is 0 Å². The summed E-state index contributed by atoms with van der Waals surface area (Å²) < 4.78 is 0.928. The van der Waals surface area contributed by atoms with Gasteiger partial charge in [-0.15, -0.1) is 0 Å². The molecule has 2 unspecified atom stereocenters. The Morgan fingerprint density at radius 3 is 2.11 bits per heavy atom. The standard InChI is InChI=1S/C8H15I/c1-6-7(9)4-5-8(6,2)3/h6-7H,4-5H2,1-3H3. The molecule has 1 aliphatic rings. The smallest absolute Gasteiger partial charge is 0.0140 e. The van der Waals surface area contributed by atoms with E-state index in [1.165, 1.54) is 12.8 Å². The van der Waals surface area contributed by atoms with Gasteiger partial charge >= 0.3 is 0 Å². The second-order valence-corrected chi connectivity index (χ2v) is 5.43. The van der Waals surface area contributed by atoms with Crippen molar-refractivity contribution in [1.82, 2.24) is 0 Å². The Balaban J connectivity index is 2.62. The predicted octanol–water partition coefficient (Wildman–Crippen LogP) is 3.25. The zero-order valence-corrected chi connectivity index (χ0v) is 8.60. The molecule has 0 nitrogen and oxygen atoms in total. The lowest BCUT2D eigenvalue weighted by Crippen LogP contribution is -2.18. The summed E-state index contributed by atoms with van der Waals surface area (Å²) in [4.78, 5) is 0. The number of alkyl halides is 1. The van der Waals surface area contributed by atoms with E-state index in [2.05, 4.69) is 43.4 Å². The highest BCUT2D eigenvalue weighted by Crippen LogP contribution is 2.45. The van der Waals surface area contributed by atoms with E-state index in [-0.39, 0.29) is 0 Å². The Bertz CT molecular complexity index is 107. The third kappa shape index (κ3) is 1.41. The van der Waals surface area contributed by atoms with E-state index in [9.17, 15) is 0 Å². The van der Waals surface area contributed by atoms with Crippen molar-refractivity contribution in [3.63, 3.8) is 0 Å². The Hall–Kier alpha value is 0.730. The molecule has 1 fully saturated rings. The molecule has 0 spiro atoms. The van der Waals surface area contributed by atoms with Crippen molar-refractivity contribution in [2.24, 2.45) is 11.3 Å². The van der Waals surface area contributed by atoms with E-state index in [1.54, 1.807) is 0 Å². The third-order valence-corrected chi connectivity index (χ3v) is 4.54. The molecule has 0 heterocycles. The lowest BCUT2D eigenvalue weighted by atomic mass is 9.83. The Labute approximate surface area is 71.5 Å². The van der Waals surface area contributed by atoms with Crippen LogP contribution in [0.5, 0.6) is 0 Å². The summed E-state index contributed by atoms with van der Waals surface area (Å²) >= 11 is 2.58. The molecule has 0 radical (unpaired) electrons. The fraction of sp³-hybridized carbons (Fsp3) is 1.00. The number of hydrogen-bond donors (Lipinski definition) is 0. The number of hydrogen-bond acceptors (Lipinski definition) is 0. The average Bonchev–Trinajstić information content (AvgIpc) is 1.97. The molecule has 9 heavy (non-hydrogen) atoms. The van der Waals surface area contributed by atoms with Gasteiger partial charge in [-0.1, -0.05) is 43.4 Å². The lowest BCUT2D eigenvalue weighted by molar-refractivity contribution is 0.286. The maximum Gasteiger partial charge on any atom is 0.0140 e. The second kappa shape index (κ2) is 2.40. The Morgan fingerprint density at radius 2 is 2.00 bits per heavy atom. The van der Waals surface area contributed by atoms with E-state index < -0.39 is 0 Å². The topological polar surface area (TPSA) is 0 Å². The first kappa shape index (κ1) is 7.83. The molecule has 0 aliphatic heterocycles. The monoisotopic (exact) mass is 238 g/mol. The van der Waals surface area contributed by atoms with Gasteiger partial charge in [-0.3, -0.25) is 0 Å². The van der Waals surface area contributed by atoms with Gasteiger partial charge in [-0.05, 0) is 24.2 Å². The van der Waals surface area contributed by atoms with Crippen LogP contribution in [0.2, 0.25) is 0 Å². The summed E-state index contributed by atoms with van der Waals surface area (Å²) in [5.41, 5.74) is 0.617. The molecule has 54 valence electrons. The van der Waals surface area contributed by atoms with Gasteiger partial charge in [0.2, 0.25) is 0 Å². The molecule has 0 aromatic carbocycles. The quantitative estimate of drug-likeness (QED) is 0.449. The third-order valence-electron chi connectivity index (χ3n) is 2.84. The first-order valence-corrected chi connectivity index (χ1v) is 4.93. The first-order chi connectivity index (χ1) is 4.04. The predicted molar refractivity (Wildman–Crippen MR) is 50.0 cm³/mol. The molecule has 0 bridgehead atoms. The fourth-order valence-corrected chi connectivity index (χ4v) is 2.76. The molecule has 2 atom stereocenters. The van der Waals surface area contributed by atoms with Crippen molar-refractivity contribution in [2.45, 2.75) is 37.5 Å². The largest absolute Gasteiger partial charge is 0.0823 e. The summed E-state index contributed by atoms with van der Waals surface area (Å²) in [6.45, 7) is 7.15. The van der Waals surface area contributed by atoms with Crippen LogP contribution < -0.4 is 0 Å². The van der Waals surface area contributed by atoms with Gasteiger partial charge in [0, 0.05) is 3.92 Å². The lowest BCUT2D eigenvalue weighted by Gasteiger charge is -2.24. The summed E-state index contributed by atoms with van der Waals surface area (Å²) in [6, 6.07) is 0. The van der Waals surface area contributed by atoms with Gasteiger partial charge in [-0.25, -0.2) is 0 Å². The Morgan fingerprint density at radius 1 is 1.44 bits per heavy atom. The highest BCUT2D eigenvalue weighted by molar-refractivity contribution is 14.1. The fourth-order valence-electron chi connectivity index (χ4n) is 1.48. The molecule has 1 saturated carbocycles. The minimum atomic E-state index is 0.617. The molecule has 1 rings (SSSR count). The van der Waals surface area contributed by atoms with Crippen molar-refractivity contribution in [1.29, 1.82) is 0 Å². The van der Waals surface area contributed by atoms with Crippen molar-refractivity contribution >= 4 is 22.6 Å². The molecule has 0 aromatic heterocycles. The highest BCUT2D eigenvalue weighted by atomic mass is 127. The van der Waals surface area contributed by atoms with Gasteiger partial charge in [-0.2, -0.15) is 0 Å². The second-order valence-electron chi connectivity index (χ2n) is 3.83. The van der Waals surface area contributed by atoms with Gasteiger partial charge in [0.25, 0.3) is 0 Å². The number of rotatable bonds is 0. The molecule has 0 N–H and O–H groups in total. The first-order valence-electron chi connectivity index (χ1n) is 3.68. The maximum absolute atomic E-state index is 2.58. The van der Waals surface area contributed by atoms with Crippen LogP contribution in [0.3, 0.4) is 0 Å². The van der Waals surface area contributed by atoms with Crippen LogP contribution in [0.15, 0.2) is 0 Å². The van der Waals surface area contributed by atoms with E-state index in [1.807, 2.05) is 0 Å². The van der Waals surface area contributed by atoms with Crippen molar-refractivity contribution in [3.8, 4) is 0 Å². The van der Waals surface area contributed by atoms with Crippen molar-refractivity contribution < 1.29 is 0 Å². The molecule has 0 amide bonds. The zero-order chi connectivity index (χ0) is 7.07. The summed E-state index contributed by atoms with van der Waals surface area (Å²) in [5.74, 6) is 0.915. The van der Waals surface area contributed by atoms with Gasteiger partial charge in [0.05, 0.1) is 0 Å². The highest BCUT2D eigenvalue weighted by Gasteiger charge is 2.36. The van der Waals surface area contributed by atoms with Crippen LogP contribution in [0.25, 0.3) is 0 Å². The molecule has 0 aromatic rings. The summed E-state index contributed by atoms with van der Waals surface area (Å²) in [6.07, 6.45) is 2.84. The number of halogens is 1. The zero-order valence-electron chi connectivity index (χ0n) is 6.45. The van der Waals surface area contributed by atoms with Crippen LogP contribution in [-0.2, 0) is 0 Å². The Kier molecular flexibility index (Phi) is 2.09. The average molecular weight is 238 g/mol. The van der Waals surface area contributed by atoms with Crippen molar-refractivity contribution in [2.75, 3.05) is 0 Å². The summed E-state index contributed by atoms with van der Waals surface area (Å²) in [5, 5.41) is 0. The van der Waals surface area contributed by atoms with Gasteiger partial charge < -0.3 is 0 Å². The molecular formula is C8H15I. The van der Waals surface area contributed by atoms with Crippen LogP contribution in [-0.4, -0.2) is 3.92 Å². The SMILES string of the molecule is CC1C(I)CCC1(C)C. The minimum absolute atomic E-state index is 0.617. The van der Waals surface area contributed by atoms with E-state index in [0.29, 0.717) is 5.41 Å². The molecule has 1 aliphatic carbocycles. The molecule has 1 heteroatoms. The summed E-state index contributed by atoms with van der Waals surface area (Å²) in [7, 11) is 0. The molecule has 0 saturated heterocycles. The van der Waals surface area contributed by atoms with Crippen LogP contribution >= 0.6 is 22.6 Å². The van der Waals surface area contributed by atoms with Crippen LogP contribution in [0, 0.1) is 11.3 Å². The normalized spacial score (nSPS) is 41.3. The minimum Gasteiger partial charge on any atom is -0.0823 e. The van der Waals surface area contributed by atoms with E-state index >= 15 is 0 Å². The van der Waals surface area contributed by atoms with E-state index in [0.717, 1.165) is 9.84 Å².